The van der Waals surface area contributed by atoms with E-state index in [4.69, 9.17) is 5.73 Å². The zero-order valence-corrected chi connectivity index (χ0v) is 11.8. The molecule has 20 heavy (non-hydrogen) atoms. The molecule has 0 radical (unpaired) electrons. The highest BCUT2D eigenvalue weighted by Gasteiger charge is 2.26. The van der Waals surface area contributed by atoms with Crippen molar-refractivity contribution in [2.75, 3.05) is 11.4 Å². The van der Waals surface area contributed by atoms with Crippen LogP contribution in [-0.4, -0.2) is 43.7 Å². The van der Waals surface area contributed by atoms with Crippen LogP contribution in [0, 0.1) is 0 Å². The highest BCUT2D eigenvalue weighted by Crippen LogP contribution is 2.26. The van der Waals surface area contributed by atoms with Gasteiger partial charge in [0.2, 0.25) is 0 Å². The Morgan fingerprint density at radius 3 is 2.85 bits per heavy atom. The summed E-state index contributed by atoms with van der Waals surface area (Å²) in [7, 11) is 0. The summed E-state index contributed by atoms with van der Waals surface area (Å²) in [6.07, 6.45) is 9.05. The first-order chi connectivity index (χ1) is 9.79. The summed E-state index contributed by atoms with van der Waals surface area (Å²) in [5.74, 6) is 0.981. The Balaban J connectivity index is 1.91. The minimum absolute atomic E-state index is 0.358. The molecule has 0 unspecified atom stereocenters. The third-order valence-corrected chi connectivity index (χ3v) is 4.03. The van der Waals surface area contributed by atoms with Gasteiger partial charge in [-0.05, 0) is 42.5 Å². The molecule has 0 amide bonds. The molecule has 0 bridgehead atoms. The van der Waals surface area contributed by atoms with Crippen LogP contribution in [-0.2, 0) is 0 Å². The molecule has 7 heteroatoms. The average Bonchev–Trinajstić information content (AvgIpc) is 2.94. The first-order valence-electron chi connectivity index (χ1n) is 7.34. The van der Waals surface area contributed by atoms with Crippen LogP contribution in [0.3, 0.4) is 0 Å². The Hall–Kier alpha value is -1.76. The number of anilines is 1. The van der Waals surface area contributed by atoms with Crippen molar-refractivity contribution in [3.05, 3.63) is 12.4 Å². The lowest BCUT2D eigenvalue weighted by atomic mass is 9.90. The van der Waals surface area contributed by atoms with Crippen molar-refractivity contribution in [3.8, 4) is 0 Å². The number of rotatable bonds is 4. The summed E-state index contributed by atoms with van der Waals surface area (Å²) in [6.45, 7) is 3.18. The molecule has 2 heterocycles. The number of hydrogen-bond acceptors (Lipinski definition) is 6. The molecular weight excluding hydrogens is 254 g/mol. The zero-order chi connectivity index (χ0) is 13.9. The number of hydrogen-bond donors (Lipinski definition) is 1. The molecule has 0 saturated heterocycles. The molecule has 1 aliphatic rings. The van der Waals surface area contributed by atoms with Crippen LogP contribution in [0.15, 0.2) is 12.4 Å². The molecule has 0 aliphatic heterocycles. The van der Waals surface area contributed by atoms with E-state index >= 15 is 0 Å². The molecule has 2 N–H and O–H groups in total. The summed E-state index contributed by atoms with van der Waals surface area (Å²) in [5.41, 5.74) is 6.71. The second kappa shape index (κ2) is 5.70. The van der Waals surface area contributed by atoms with E-state index in [1.807, 2.05) is 6.20 Å². The smallest absolute Gasteiger partial charge is 0.199 e. The quantitative estimate of drug-likeness (QED) is 0.896. The first kappa shape index (κ1) is 13.2. The molecule has 3 rings (SSSR count). The number of aromatic nitrogens is 5. The summed E-state index contributed by atoms with van der Waals surface area (Å²) in [4.78, 5) is 6.66. The Labute approximate surface area is 118 Å². The van der Waals surface area contributed by atoms with E-state index in [1.54, 1.807) is 10.7 Å². The van der Waals surface area contributed by atoms with E-state index in [9.17, 15) is 0 Å². The van der Waals surface area contributed by atoms with Gasteiger partial charge in [-0.2, -0.15) is 4.52 Å². The van der Waals surface area contributed by atoms with E-state index in [0.717, 1.165) is 44.5 Å². The molecule has 0 atom stereocenters. The van der Waals surface area contributed by atoms with Crippen LogP contribution in [0.2, 0.25) is 0 Å². The average molecular weight is 275 g/mol. The van der Waals surface area contributed by atoms with Crippen molar-refractivity contribution >= 4 is 11.5 Å². The van der Waals surface area contributed by atoms with E-state index in [0.29, 0.717) is 17.7 Å². The minimum atomic E-state index is 0.358. The van der Waals surface area contributed by atoms with Gasteiger partial charge in [0, 0.05) is 18.6 Å². The van der Waals surface area contributed by atoms with Gasteiger partial charge in [0.1, 0.15) is 0 Å². The molecule has 108 valence electrons. The van der Waals surface area contributed by atoms with Crippen LogP contribution in [0.5, 0.6) is 0 Å². The normalized spacial score (nSPS) is 23.1. The Morgan fingerprint density at radius 1 is 1.30 bits per heavy atom. The summed E-state index contributed by atoms with van der Waals surface area (Å²) in [5, 5.41) is 11.8. The molecule has 7 nitrogen and oxygen atoms in total. The predicted octanol–water partition coefficient (Wildman–Crippen LogP) is 1.01. The second-order valence-electron chi connectivity index (χ2n) is 5.48. The Kier molecular flexibility index (Phi) is 3.77. The summed E-state index contributed by atoms with van der Waals surface area (Å²) in [6, 6.07) is 0.864. The zero-order valence-electron chi connectivity index (χ0n) is 11.8. The van der Waals surface area contributed by atoms with Gasteiger partial charge in [-0.15, -0.1) is 5.10 Å². The maximum absolute atomic E-state index is 6.02. The molecule has 2 aromatic rings. The molecule has 1 fully saturated rings. The summed E-state index contributed by atoms with van der Waals surface area (Å²) < 4.78 is 1.77. The lowest BCUT2D eigenvalue weighted by Gasteiger charge is -2.37. The maximum atomic E-state index is 6.02. The van der Waals surface area contributed by atoms with E-state index in [2.05, 4.69) is 32.3 Å². The molecule has 1 aliphatic carbocycles. The van der Waals surface area contributed by atoms with Gasteiger partial charge in [-0.3, -0.25) is 4.98 Å². The van der Waals surface area contributed by atoms with E-state index < -0.39 is 0 Å². The number of tetrazole rings is 1. The lowest BCUT2D eigenvalue weighted by Crippen LogP contribution is -2.42. The van der Waals surface area contributed by atoms with Crippen LogP contribution in [0.25, 0.3) is 5.65 Å². The van der Waals surface area contributed by atoms with Gasteiger partial charge < -0.3 is 10.6 Å². The van der Waals surface area contributed by atoms with Gasteiger partial charge in [0.25, 0.3) is 0 Å². The van der Waals surface area contributed by atoms with Crippen molar-refractivity contribution in [2.45, 2.75) is 51.1 Å². The van der Waals surface area contributed by atoms with Crippen molar-refractivity contribution < 1.29 is 0 Å². The monoisotopic (exact) mass is 275 g/mol. The molecule has 2 aromatic heterocycles. The van der Waals surface area contributed by atoms with Crippen molar-refractivity contribution in [2.24, 2.45) is 5.73 Å². The molecule has 1 saturated carbocycles. The minimum Gasteiger partial charge on any atom is -0.352 e. The van der Waals surface area contributed by atoms with Crippen molar-refractivity contribution in [3.63, 3.8) is 0 Å². The highest BCUT2D eigenvalue weighted by molar-refractivity contribution is 5.46. The second-order valence-corrected chi connectivity index (χ2v) is 5.48. The van der Waals surface area contributed by atoms with Crippen LogP contribution < -0.4 is 10.6 Å². The van der Waals surface area contributed by atoms with Gasteiger partial charge in [0.05, 0.1) is 12.4 Å². The number of fused-ring (bicyclic) bond motifs is 1. The van der Waals surface area contributed by atoms with Crippen LogP contribution >= 0.6 is 0 Å². The topological polar surface area (TPSA) is 85.2 Å². The fourth-order valence-corrected chi connectivity index (χ4v) is 3.00. The van der Waals surface area contributed by atoms with Crippen LogP contribution in [0.4, 0.5) is 5.82 Å². The first-order valence-corrected chi connectivity index (χ1v) is 7.34. The van der Waals surface area contributed by atoms with Gasteiger partial charge in [-0.25, -0.2) is 0 Å². The standard InChI is InChI=1S/C13H21N7/c1-2-7-19(11-5-3-10(14)4-6-11)13-9-15-8-12-16-17-18-20(12)13/h8-11H,2-7,14H2,1H3. The van der Waals surface area contributed by atoms with Gasteiger partial charge in [-0.1, -0.05) is 6.92 Å². The fourth-order valence-electron chi connectivity index (χ4n) is 3.00. The predicted molar refractivity (Wildman–Crippen MR) is 76.4 cm³/mol. The van der Waals surface area contributed by atoms with E-state index in [1.165, 1.54) is 0 Å². The summed E-state index contributed by atoms with van der Waals surface area (Å²) >= 11 is 0. The SMILES string of the molecule is CCCN(c1cncc2nnnn12)C1CCC(N)CC1. The molecule has 0 spiro atoms. The molecule has 0 aromatic carbocycles. The third-order valence-electron chi connectivity index (χ3n) is 4.03. The maximum Gasteiger partial charge on any atom is 0.199 e. The number of nitrogens with two attached hydrogens (primary N) is 1. The Bertz CT molecular complexity index is 559. The third kappa shape index (κ3) is 2.45. The number of nitrogens with zero attached hydrogens (tertiary/aromatic N) is 6. The van der Waals surface area contributed by atoms with E-state index in [-0.39, 0.29) is 0 Å². The van der Waals surface area contributed by atoms with Gasteiger partial charge in [0.15, 0.2) is 11.5 Å². The van der Waals surface area contributed by atoms with Gasteiger partial charge >= 0.3 is 0 Å². The van der Waals surface area contributed by atoms with Crippen molar-refractivity contribution in [1.29, 1.82) is 0 Å². The Morgan fingerprint density at radius 2 is 2.10 bits per heavy atom. The van der Waals surface area contributed by atoms with Crippen molar-refractivity contribution in [1.82, 2.24) is 25.0 Å². The van der Waals surface area contributed by atoms with Crippen LogP contribution in [0.1, 0.15) is 39.0 Å². The largest absolute Gasteiger partial charge is 0.352 e. The fraction of sp³-hybridized carbons (Fsp3) is 0.692. The lowest BCUT2D eigenvalue weighted by molar-refractivity contribution is 0.372. The molecular formula is C13H21N7. The highest BCUT2D eigenvalue weighted by atomic mass is 15.5.